The monoisotopic (exact) mass is 247 g/mol. The van der Waals surface area contributed by atoms with Gasteiger partial charge in [0, 0.05) is 24.0 Å². The lowest BCUT2D eigenvalue weighted by Crippen LogP contribution is -2.13. The molecule has 5 nitrogen and oxygen atoms in total. The van der Waals surface area contributed by atoms with Crippen LogP contribution in [0.2, 0.25) is 0 Å². The highest BCUT2D eigenvalue weighted by Gasteiger charge is 2.08. The number of aromatic nitrogens is 4. The molecule has 2 heterocycles. The van der Waals surface area contributed by atoms with Crippen molar-refractivity contribution in [3.05, 3.63) is 29.3 Å². The number of H-pyrrole nitrogens is 1. The van der Waals surface area contributed by atoms with Gasteiger partial charge in [0.15, 0.2) is 0 Å². The Bertz CT molecular complexity index is 509. The largest absolute Gasteiger partial charge is 0.355 e. The summed E-state index contributed by atoms with van der Waals surface area (Å²) in [6.45, 7) is 10.2. The van der Waals surface area contributed by atoms with E-state index < -0.39 is 0 Å². The van der Waals surface area contributed by atoms with Crippen LogP contribution in [0.1, 0.15) is 30.8 Å². The number of nitrogens with zero attached hydrogens (tertiary/aromatic N) is 3. The van der Waals surface area contributed by atoms with Crippen molar-refractivity contribution in [3.8, 4) is 0 Å². The lowest BCUT2D eigenvalue weighted by molar-refractivity contribution is 0.676. The highest BCUT2D eigenvalue weighted by atomic mass is 15.2. The van der Waals surface area contributed by atoms with E-state index in [-0.39, 0.29) is 0 Å². The lowest BCUT2D eigenvalue weighted by Gasteiger charge is -2.10. The van der Waals surface area contributed by atoms with Crippen molar-refractivity contribution in [1.82, 2.24) is 19.7 Å². The van der Waals surface area contributed by atoms with Gasteiger partial charge in [-0.2, -0.15) is 5.10 Å². The molecule has 0 spiro atoms. The number of aryl methyl sites for hydroxylation is 2. The van der Waals surface area contributed by atoms with Gasteiger partial charge >= 0.3 is 0 Å². The van der Waals surface area contributed by atoms with Crippen molar-refractivity contribution in [1.29, 1.82) is 0 Å². The smallest absolute Gasteiger partial charge is 0.203 e. The quantitative estimate of drug-likeness (QED) is 0.852. The molecule has 5 heteroatoms. The minimum atomic E-state index is 0.603. The second-order valence-corrected chi connectivity index (χ2v) is 5.13. The molecule has 0 aliphatic rings. The first-order valence-electron chi connectivity index (χ1n) is 6.32. The van der Waals surface area contributed by atoms with Gasteiger partial charge in [-0.25, -0.2) is 4.98 Å². The Morgan fingerprint density at radius 2 is 2.17 bits per heavy atom. The van der Waals surface area contributed by atoms with Crippen molar-refractivity contribution in [3.63, 3.8) is 0 Å². The molecular formula is C13H21N5. The molecule has 2 N–H and O–H groups in total. The fourth-order valence-electron chi connectivity index (χ4n) is 1.82. The van der Waals surface area contributed by atoms with Crippen LogP contribution in [0.25, 0.3) is 0 Å². The van der Waals surface area contributed by atoms with Gasteiger partial charge in [-0.05, 0) is 19.8 Å². The summed E-state index contributed by atoms with van der Waals surface area (Å²) in [4.78, 5) is 4.51. The van der Waals surface area contributed by atoms with Crippen molar-refractivity contribution < 1.29 is 0 Å². The maximum Gasteiger partial charge on any atom is 0.203 e. The molecule has 0 saturated heterocycles. The first-order valence-corrected chi connectivity index (χ1v) is 6.32. The standard InChI is InChI=1S/C13H21N5/c1-9(2)5-14-13-16-10(3)7-18(13)8-12-6-15-17-11(12)4/h6-7,9H,5,8H2,1-4H3,(H,14,16)(H,15,17). The maximum absolute atomic E-state index is 4.51. The third kappa shape index (κ3) is 2.91. The predicted octanol–water partition coefficient (Wildman–Crippen LogP) is 2.34. The van der Waals surface area contributed by atoms with Crippen LogP contribution in [-0.2, 0) is 6.54 Å². The van der Waals surface area contributed by atoms with Crippen LogP contribution >= 0.6 is 0 Å². The Hall–Kier alpha value is -1.78. The molecule has 0 bridgehead atoms. The minimum absolute atomic E-state index is 0.603. The van der Waals surface area contributed by atoms with Gasteiger partial charge < -0.3 is 9.88 Å². The van der Waals surface area contributed by atoms with E-state index >= 15 is 0 Å². The zero-order valence-corrected chi connectivity index (χ0v) is 11.5. The molecule has 2 aromatic rings. The molecule has 2 aromatic heterocycles. The fraction of sp³-hybridized carbons (Fsp3) is 0.538. The molecule has 0 unspecified atom stereocenters. The van der Waals surface area contributed by atoms with Gasteiger partial charge in [0.2, 0.25) is 5.95 Å². The summed E-state index contributed by atoms with van der Waals surface area (Å²) in [7, 11) is 0. The SMILES string of the molecule is Cc1cn(Cc2cn[nH]c2C)c(NCC(C)C)n1. The highest BCUT2D eigenvalue weighted by molar-refractivity contribution is 5.30. The van der Waals surface area contributed by atoms with E-state index in [9.17, 15) is 0 Å². The van der Waals surface area contributed by atoms with Crippen molar-refractivity contribution in [2.75, 3.05) is 11.9 Å². The van der Waals surface area contributed by atoms with Gasteiger partial charge in [-0.15, -0.1) is 0 Å². The average molecular weight is 247 g/mol. The number of aromatic amines is 1. The van der Waals surface area contributed by atoms with E-state index in [0.717, 1.165) is 30.4 Å². The van der Waals surface area contributed by atoms with Gasteiger partial charge in [-0.1, -0.05) is 13.8 Å². The van der Waals surface area contributed by atoms with Crippen LogP contribution in [0.5, 0.6) is 0 Å². The molecule has 2 rings (SSSR count). The van der Waals surface area contributed by atoms with Crippen LogP contribution in [0.15, 0.2) is 12.4 Å². The van der Waals surface area contributed by atoms with Crippen molar-refractivity contribution in [2.24, 2.45) is 5.92 Å². The Kier molecular flexibility index (Phi) is 3.69. The second-order valence-electron chi connectivity index (χ2n) is 5.13. The van der Waals surface area contributed by atoms with E-state index in [0.29, 0.717) is 5.92 Å². The number of rotatable bonds is 5. The molecule has 0 atom stereocenters. The summed E-state index contributed by atoms with van der Waals surface area (Å²) in [5.41, 5.74) is 3.33. The Morgan fingerprint density at radius 1 is 1.39 bits per heavy atom. The zero-order chi connectivity index (χ0) is 13.1. The first-order chi connectivity index (χ1) is 8.56. The molecule has 0 aromatic carbocycles. The summed E-state index contributed by atoms with van der Waals surface area (Å²) in [6, 6.07) is 0. The van der Waals surface area contributed by atoms with Crippen LogP contribution in [0.4, 0.5) is 5.95 Å². The van der Waals surface area contributed by atoms with Crippen molar-refractivity contribution in [2.45, 2.75) is 34.2 Å². The molecule has 0 aliphatic carbocycles. The third-order valence-corrected chi connectivity index (χ3v) is 2.84. The summed E-state index contributed by atoms with van der Waals surface area (Å²) in [5.74, 6) is 1.54. The van der Waals surface area contributed by atoms with Crippen LogP contribution in [-0.4, -0.2) is 26.3 Å². The zero-order valence-electron chi connectivity index (χ0n) is 11.5. The molecular weight excluding hydrogens is 226 g/mol. The molecule has 0 saturated carbocycles. The topological polar surface area (TPSA) is 58.5 Å². The normalized spacial score (nSPS) is 11.2. The summed E-state index contributed by atoms with van der Waals surface area (Å²) < 4.78 is 2.13. The van der Waals surface area contributed by atoms with E-state index in [1.165, 1.54) is 5.56 Å². The molecule has 0 amide bonds. The van der Waals surface area contributed by atoms with E-state index in [4.69, 9.17) is 0 Å². The average Bonchev–Trinajstić information content (AvgIpc) is 2.84. The van der Waals surface area contributed by atoms with Gasteiger partial charge in [0.05, 0.1) is 18.4 Å². The van der Waals surface area contributed by atoms with Gasteiger partial charge in [0.25, 0.3) is 0 Å². The number of hydrogen-bond donors (Lipinski definition) is 2. The van der Waals surface area contributed by atoms with Crippen LogP contribution in [0.3, 0.4) is 0 Å². The Labute approximate surface area is 108 Å². The number of hydrogen-bond acceptors (Lipinski definition) is 3. The third-order valence-electron chi connectivity index (χ3n) is 2.84. The Balaban J connectivity index is 2.14. The first kappa shape index (κ1) is 12.7. The molecule has 18 heavy (non-hydrogen) atoms. The number of imidazole rings is 1. The number of nitrogens with one attached hydrogen (secondary N) is 2. The second kappa shape index (κ2) is 5.25. The lowest BCUT2D eigenvalue weighted by atomic mass is 10.2. The summed E-state index contributed by atoms with van der Waals surface area (Å²) >= 11 is 0. The van der Waals surface area contributed by atoms with E-state index in [2.05, 4.69) is 45.1 Å². The van der Waals surface area contributed by atoms with Crippen molar-refractivity contribution >= 4 is 5.95 Å². The summed E-state index contributed by atoms with van der Waals surface area (Å²) in [5, 5.41) is 10.4. The highest BCUT2D eigenvalue weighted by Crippen LogP contribution is 2.13. The number of anilines is 1. The van der Waals surface area contributed by atoms with Gasteiger partial charge in [-0.3, -0.25) is 5.10 Å². The predicted molar refractivity (Wildman–Crippen MR) is 72.7 cm³/mol. The van der Waals surface area contributed by atoms with E-state index in [1.54, 1.807) is 0 Å². The van der Waals surface area contributed by atoms with Crippen LogP contribution in [0, 0.1) is 19.8 Å². The van der Waals surface area contributed by atoms with Crippen LogP contribution < -0.4 is 5.32 Å². The molecule has 0 radical (unpaired) electrons. The molecule has 0 fully saturated rings. The molecule has 98 valence electrons. The molecule has 0 aliphatic heterocycles. The fourth-order valence-corrected chi connectivity index (χ4v) is 1.82. The summed E-state index contributed by atoms with van der Waals surface area (Å²) in [6.07, 6.45) is 3.94. The minimum Gasteiger partial charge on any atom is -0.355 e. The van der Waals surface area contributed by atoms with E-state index in [1.807, 2.05) is 20.0 Å². The van der Waals surface area contributed by atoms with Gasteiger partial charge in [0.1, 0.15) is 0 Å². The Morgan fingerprint density at radius 3 is 2.78 bits per heavy atom. The maximum atomic E-state index is 4.51.